The Kier molecular flexibility index (Phi) is 4.62. The van der Waals surface area contributed by atoms with Gasteiger partial charge in [0.05, 0.1) is 6.20 Å². The van der Waals surface area contributed by atoms with Crippen LogP contribution in [0.4, 0.5) is 4.39 Å². The monoisotopic (exact) mass is 326 g/mol. The van der Waals surface area contributed by atoms with Crippen molar-refractivity contribution in [3.63, 3.8) is 0 Å². The summed E-state index contributed by atoms with van der Waals surface area (Å²) in [6.07, 6.45) is 2.39. The van der Waals surface area contributed by atoms with Crippen LogP contribution in [0.25, 0.3) is 11.3 Å². The number of nitrogens with zero attached hydrogens (tertiary/aromatic N) is 3. The first kappa shape index (κ1) is 15.8. The van der Waals surface area contributed by atoms with Gasteiger partial charge in [0.2, 0.25) is 0 Å². The van der Waals surface area contributed by atoms with Crippen LogP contribution >= 0.6 is 0 Å². The quantitative estimate of drug-likeness (QED) is 0.557. The van der Waals surface area contributed by atoms with Gasteiger partial charge in [0.15, 0.2) is 0 Å². The number of halogens is 1. The molecule has 1 aromatic heterocycles. The van der Waals surface area contributed by atoms with E-state index < -0.39 is 5.91 Å². The summed E-state index contributed by atoms with van der Waals surface area (Å²) in [7, 11) is 0. The highest BCUT2D eigenvalue weighted by molar-refractivity contribution is 5.94. The minimum absolute atomic E-state index is 0.259. The molecule has 0 fully saturated rings. The average Bonchev–Trinajstić information content (AvgIpc) is 3.08. The number of carbonyl (C=O) groups excluding carboxylic acids is 1. The SMILES string of the molecule is O=C(NO)c1cccc(-c2cn(CCc3cccc(F)c3)nn2)c1. The number of nitrogens with one attached hydrogen (secondary N) is 1. The van der Waals surface area contributed by atoms with Gasteiger partial charge in [0.1, 0.15) is 11.5 Å². The molecule has 2 N–H and O–H groups in total. The zero-order valence-electron chi connectivity index (χ0n) is 12.7. The number of rotatable bonds is 5. The largest absolute Gasteiger partial charge is 0.288 e. The third kappa shape index (κ3) is 3.64. The molecule has 3 aromatic rings. The summed E-state index contributed by atoms with van der Waals surface area (Å²) in [6, 6.07) is 13.1. The van der Waals surface area contributed by atoms with Gasteiger partial charge >= 0.3 is 0 Å². The molecule has 0 aliphatic heterocycles. The van der Waals surface area contributed by atoms with Crippen LogP contribution in [0.3, 0.4) is 0 Å². The van der Waals surface area contributed by atoms with E-state index in [9.17, 15) is 9.18 Å². The summed E-state index contributed by atoms with van der Waals surface area (Å²) in [5.74, 6) is -0.846. The van der Waals surface area contributed by atoms with Gasteiger partial charge in [-0.1, -0.05) is 29.5 Å². The fraction of sp³-hybridized carbons (Fsp3) is 0.118. The van der Waals surface area contributed by atoms with Gasteiger partial charge in [-0.05, 0) is 36.2 Å². The van der Waals surface area contributed by atoms with Crippen molar-refractivity contribution in [1.29, 1.82) is 0 Å². The number of hydrogen-bond acceptors (Lipinski definition) is 4. The Balaban J connectivity index is 1.72. The van der Waals surface area contributed by atoms with Crippen molar-refractivity contribution in [2.24, 2.45) is 0 Å². The second kappa shape index (κ2) is 7.01. The molecule has 0 aliphatic carbocycles. The number of benzene rings is 2. The molecular weight excluding hydrogens is 311 g/mol. The summed E-state index contributed by atoms with van der Waals surface area (Å²) in [4.78, 5) is 11.5. The summed E-state index contributed by atoms with van der Waals surface area (Å²) in [5, 5.41) is 16.8. The van der Waals surface area contributed by atoms with Crippen molar-refractivity contribution < 1.29 is 14.4 Å². The van der Waals surface area contributed by atoms with Crippen LogP contribution < -0.4 is 5.48 Å². The number of aromatic nitrogens is 3. The second-order valence-electron chi connectivity index (χ2n) is 5.27. The molecule has 1 amide bonds. The Morgan fingerprint density at radius 1 is 1.21 bits per heavy atom. The Morgan fingerprint density at radius 3 is 2.83 bits per heavy atom. The predicted molar refractivity (Wildman–Crippen MR) is 84.8 cm³/mol. The zero-order chi connectivity index (χ0) is 16.9. The third-order valence-electron chi connectivity index (χ3n) is 3.58. The first-order valence-electron chi connectivity index (χ1n) is 7.35. The molecule has 6 nitrogen and oxygen atoms in total. The van der Waals surface area contributed by atoms with Crippen LogP contribution in [0, 0.1) is 5.82 Å². The highest BCUT2D eigenvalue weighted by Crippen LogP contribution is 2.18. The van der Waals surface area contributed by atoms with E-state index in [1.165, 1.54) is 12.1 Å². The molecular formula is C17H15FN4O2. The Labute approximate surface area is 137 Å². The lowest BCUT2D eigenvalue weighted by Crippen LogP contribution is -2.18. The molecule has 7 heteroatoms. The van der Waals surface area contributed by atoms with Crippen LogP contribution in [0.15, 0.2) is 54.7 Å². The molecule has 3 rings (SSSR count). The lowest BCUT2D eigenvalue weighted by molar-refractivity contribution is 0.0706. The van der Waals surface area contributed by atoms with E-state index in [1.54, 1.807) is 46.7 Å². The highest BCUT2D eigenvalue weighted by atomic mass is 19.1. The summed E-state index contributed by atoms with van der Waals surface area (Å²) < 4.78 is 14.8. The molecule has 0 saturated carbocycles. The zero-order valence-corrected chi connectivity index (χ0v) is 12.7. The summed E-state index contributed by atoms with van der Waals surface area (Å²) in [5.41, 5.74) is 4.13. The maximum absolute atomic E-state index is 13.2. The summed E-state index contributed by atoms with van der Waals surface area (Å²) >= 11 is 0. The van der Waals surface area contributed by atoms with Gasteiger partial charge in [-0.15, -0.1) is 5.10 Å². The first-order chi connectivity index (χ1) is 11.7. The van der Waals surface area contributed by atoms with E-state index >= 15 is 0 Å². The maximum atomic E-state index is 13.2. The predicted octanol–water partition coefficient (Wildman–Crippen LogP) is 2.45. The number of aryl methyl sites for hydroxylation is 2. The van der Waals surface area contributed by atoms with E-state index in [4.69, 9.17) is 5.21 Å². The van der Waals surface area contributed by atoms with Crippen molar-refractivity contribution in [1.82, 2.24) is 20.5 Å². The first-order valence-corrected chi connectivity index (χ1v) is 7.35. The van der Waals surface area contributed by atoms with Crippen LogP contribution in [0.2, 0.25) is 0 Å². The number of amides is 1. The normalized spacial score (nSPS) is 10.6. The number of hydroxylamine groups is 1. The van der Waals surface area contributed by atoms with E-state index in [0.717, 1.165) is 5.56 Å². The molecule has 0 spiro atoms. The maximum Gasteiger partial charge on any atom is 0.274 e. The van der Waals surface area contributed by atoms with Gasteiger partial charge in [-0.25, -0.2) is 9.87 Å². The fourth-order valence-corrected chi connectivity index (χ4v) is 2.36. The molecule has 1 heterocycles. The average molecular weight is 326 g/mol. The van der Waals surface area contributed by atoms with E-state index in [1.807, 2.05) is 6.07 Å². The van der Waals surface area contributed by atoms with Crippen LogP contribution in [-0.4, -0.2) is 26.1 Å². The van der Waals surface area contributed by atoms with Gasteiger partial charge < -0.3 is 0 Å². The Bertz CT molecular complexity index is 863. The number of carbonyl (C=O) groups is 1. The molecule has 24 heavy (non-hydrogen) atoms. The van der Waals surface area contributed by atoms with Crippen molar-refractivity contribution in [2.75, 3.05) is 0 Å². The molecule has 0 radical (unpaired) electrons. The Morgan fingerprint density at radius 2 is 2.04 bits per heavy atom. The van der Waals surface area contributed by atoms with Crippen molar-refractivity contribution in [3.05, 3.63) is 71.7 Å². The third-order valence-corrected chi connectivity index (χ3v) is 3.58. The smallest absolute Gasteiger partial charge is 0.274 e. The second-order valence-corrected chi connectivity index (χ2v) is 5.27. The van der Waals surface area contributed by atoms with Crippen molar-refractivity contribution >= 4 is 5.91 Å². The van der Waals surface area contributed by atoms with Gasteiger partial charge in [-0.2, -0.15) is 0 Å². The van der Waals surface area contributed by atoms with Crippen molar-refractivity contribution in [2.45, 2.75) is 13.0 Å². The number of hydrogen-bond donors (Lipinski definition) is 2. The fourth-order valence-electron chi connectivity index (χ4n) is 2.36. The highest BCUT2D eigenvalue weighted by Gasteiger charge is 2.09. The molecule has 0 atom stereocenters. The van der Waals surface area contributed by atoms with E-state index in [2.05, 4.69) is 10.3 Å². The van der Waals surface area contributed by atoms with E-state index in [-0.39, 0.29) is 5.82 Å². The van der Waals surface area contributed by atoms with Gasteiger partial charge in [-0.3, -0.25) is 14.7 Å². The standard InChI is InChI=1S/C17H15FN4O2/c18-15-6-1-3-12(9-15)7-8-22-11-16(19-21-22)13-4-2-5-14(10-13)17(23)20-24/h1-6,9-11,24H,7-8H2,(H,20,23). The van der Waals surface area contributed by atoms with Crippen molar-refractivity contribution in [3.8, 4) is 11.3 Å². The lowest BCUT2D eigenvalue weighted by Gasteiger charge is -2.02. The van der Waals surface area contributed by atoms with E-state index in [0.29, 0.717) is 29.8 Å². The van der Waals surface area contributed by atoms with Crippen LogP contribution in [0.5, 0.6) is 0 Å². The molecule has 0 unspecified atom stereocenters. The molecule has 0 bridgehead atoms. The van der Waals surface area contributed by atoms with Crippen LogP contribution in [0.1, 0.15) is 15.9 Å². The van der Waals surface area contributed by atoms with Gasteiger partial charge in [0, 0.05) is 17.7 Å². The Hall–Kier alpha value is -3.06. The molecule has 0 saturated heterocycles. The molecule has 122 valence electrons. The minimum Gasteiger partial charge on any atom is -0.288 e. The molecule has 2 aromatic carbocycles. The lowest BCUT2D eigenvalue weighted by atomic mass is 10.1. The topological polar surface area (TPSA) is 80.0 Å². The minimum atomic E-state index is -0.588. The molecule has 0 aliphatic rings. The summed E-state index contributed by atoms with van der Waals surface area (Å²) in [6.45, 7) is 0.563. The van der Waals surface area contributed by atoms with Gasteiger partial charge in [0.25, 0.3) is 5.91 Å². The van der Waals surface area contributed by atoms with Crippen LogP contribution in [-0.2, 0) is 13.0 Å².